The van der Waals surface area contributed by atoms with E-state index in [1.807, 2.05) is 0 Å². The highest BCUT2D eigenvalue weighted by Crippen LogP contribution is 2.38. The average Bonchev–Trinajstić information content (AvgIpc) is 3.22. The van der Waals surface area contributed by atoms with Crippen molar-refractivity contribution >= 4 is 0 Å². The SMILES string of the molecule is Cc1cc(-c2c(C)ccn2-c2c(-c3ccccc3)cccc2-c2ccccc2)[n+](C)cc1C. The maximum absolute atomic E-state index is 2.38. The molecule has 2 heterocycles. The Balaban J connectivity index is 1.86. The molecule has 0 bridgehead atoms. The van der Waals surface area contributed by atoms with Crippen molar-refractivity contribution < 1.29 is 4.57 Å². The number of nitrogens with zero attached hydrogens (tertiary/aromatic N) is 2. The molecule has 5 rings (SSSR count). The molecule has 0 saturated carbocycles. The molecule has 33 heavy (non-hydrogen) atoms. The molecule has 0 aliphatic rings. The molecule has 2 aromatic heterocycles. The molecular formula is C31H29N2+. The van der Waals surface area contributed by atoms with Gasteiger partial charge in [0.05, 0.1) is 5.69 Å². The van der Waals surface area contributed by atoms with E-state index in [1.54, 1.807) is 0 Å². The van der Waals surface area contributed by atoms with Crippen LogP contribution in [0.3, 0.4) is 0 Å². The molecule has 2 nitrogen and oxygen atoms in total. The fourth-order valence-electron chi connectivity index (χ4n) is 4.66. The van der Waals surface area contributed by atoms with Crippen molar-refractivity contribution in [2.45, 2.75) is 20.8 Å². The van der Waals surface area contributed by atoms with Crippen LogP contribution in [0.2, 0.25) is 0 Å². The largest absolute Gasteiger partial charge is 0.310 e. The van der Waals surface area contributed by atoms with Crippen LogP contribution < -0.4 is 4.57 Å². The highest BCUT2D eigenvalue weighted by atomic mass is 15.0. The van der Waals surface area contributed by atoms with E-state index in [4.69, 9.17) is 0 Å². The van der Waals surface area contributed by atoms with Crippen LogP contribution in [-0.2, 0) is 7.05 Å². The molecule has 5 aromatic rings. The van der Waals surface area contributed by atoms with Crippen molar-refractivity contribution in [1.29, 1.82) is 0 Å². The van der Waals surface area contributed by atoms with Crippen LogP contribution in [0.15, 0.2) is 103 Å². The Bertz CT molecular complexity index is 1370. The molecule has 162 valence electrons. The third-order valence-corrected chi connectivity index (χ3v) is 6.52. The summed E-state index contributed by atoms with van der Waals surface area (Å²) in [7, 11) is 2.14. The Morgan fingerprint density at radius 1 is 0.606 bits per heavy atom. The van der Waals surface area contributed by atoms with Gasteiger partial charge in [-0.25, -0.2) is 0 Å². The Morgan fingerprint density at radius 3 is 1.76 bits per heavy atom. The van der Waals surface area contributed by atoms with Crippen LogP contribution in [0.25, 0.3) is 39.3 Å². The molecule has 2 heteroatoms. The maximum atomic E-state index is 2.38. The molecule has 0 aliphatic heterocycles. The van der Waals surface area contributed by atoms with E-state index in [2.05, 4.69) is 140 Å². The third kappa shape index (κ3) is 3.78. The Kier molecular flexibility index (Phi) is 5.43. The number of para-hydroxylation sites is 1. The van der Waals surface area contributed by atoms with Crippen molar-refractivity contribution in [1.82, 2.24) is 4.57 Å². The first-order chi connectivity index (χ1) is 16.0. The number of aryl methyl sites for hydroxylation is 4. The lowest BCUT2D eigenvalue weighted by molar-refractivity contribution is -0.661. The van der Waals surface area contributed by atoms with Gasteiger partial charge >= 0.3 is 0 Å². The lowest BCUT2D eigenvalue weighted by Gasteiger charge is -2.19. The zero-order valence-corrected chi connectivity index (χ0v) is 19.7. The molecule has 0 radical (unpaired) electrons. The summed E-state index contributed by atoms with van der Waals surface area (Å²) in [5.41, 5.74) is 12.4. The molecule has 0 fully saturated rings. The molecule has 0 amide bonds. The Labute approximate surface area is 196 Å². The average molecular weight is 430 g/mol. The third-order valence-electron chi connectivity index (χ3n) is 6.52. The highest BCUT2D eigenvalue weighted by Gasteiger charge is 2.23. The minimum atomic E-state index is 1.20. The summed E-state index contributed by atoms with van der Waals surface area (Å²) in [4.78, 5) is 0. The minimum Gasteiger partial charge on any atom is -0.310 e. The number of rotatable bonds is 4. The standard InChI is InChI=1S/C31H29N2/c1-22-18-19-33(30(22)29-20-23(2)24(3)21-32(29)4)31-27(25-12-7-5-8-13-25)16-11-17-28(31)26-14-9-6-10-15-26/h5-21H,1-4H3/q+1. The summed E-state index contributed by atoms with van der Waals surface area (Å²) < 4.78 is 4.62. The molecule has 0 spiro atoms. The van der Waals surface area contributed by atoms with Gasteiger partial charge in [-0.15, -0.1) is 0 Å². The van der Waals surface area contributed by atoms with Crippen LogP contribution >= 0.6 is 0 Å². The van der Waals surface area contributed by atoms with Crippen LogP contribution in [0.5, 0.6) is 0 Å². The summed E-state index contributed by atoms with van der Waals surface area (Å²) in [5.74, 6) is 0. The van der Waals surface area contributed by atoms with Gasteiger partial charge in [-0.2, -0.15) is 4.57 Å². The van der Waals surface area contributed by atoms with Crippen molar-refractivity contribution in [3.8, 4) is 39.3 Å². The summed E-state index contributed by atoms with van der Waals surface area (Å²) in [5, 5.41) is 0. The van der Waals surface area contributed by atoms with Gasteiger partial charge in [0.25, 0.3) is 0 Å². The first kappa shape index (κ1) is 21.0. The van der Waals surface area contributed by atoms with E-state index in [-0.39, 0.29) is 0 Å². The van der Waals surface area contributed by atoms with Gasteiger partial charge in [0.15, 0.2) is 6.20 Å². The summed E-state index contributed by atoms with van der Waals surface area (Å²) in [6.45, 7) is 6.56. The first-order valence-electron chi connectivity index (χ1n) is 11.4. The van der Waals surface area contributed by atoms with Gasteiger partial charge in [-0.3, -0.25) is 0 Å². The number of pyridine rings is 1. The van der Waals surface area contributed by atoms with Crippen molar-refractivity contribution in [3.63, 3.8) is 0 Å². The molecule has 0 aliphatic carbocycles. The van der Waals surface area contributed by atoms with E-state index < -0.39 is 0 Å². The number of benzene rings is 3. The molecule has 0 N–H and O–H groups in total. The van der Waals surface area contributed by atoms with Gasteiger partial charge in [0.2, 0.25) is 5.69 Å². The fourth-order valence-corrected chi connectivity index (χ4v) is 4.66. The predicted molar refractivity (Wildman–Crippen MR) is 137 cm³/mol. The van der Waals surface area contributed by atoms with Gasteiger partial charge in [0.1, 0.15) is 12.7 Å². The van der Waals surface area contributed by atoms with Gasteiger partial charge in [-0.1, -0.05) is 78.9 Å². The van der Waals surface area contributed by atoms with Crippen LogP contribution in [0.1, 0.15) is 16.7 Å². The lowest BCUT2D eigenvalue weighted by atomic mass is 9.95. The topological polar surface area (TPSA) is 8.81 Å². The quantitative estimate of drug-likeness (QED) is 0.267. The zero-order chi connectivity index (χ0) is 22.9. The monoisotopic (exact) mass is 429 g/mol. The van der Waals surface area contributed by atoms with Crippen molar-refractivity contribution in [2.75, 3.05) is 0 Å². The summed E-state index contributed by atoms with van der Waals surface area (Å²) in [6.07, 6.45) is 4.44. The summed E-state index contributed by atoms with van der Waals surface area (Å²) in [6, 6.07) is 32.5. The van der Waals surface area contributed by atoms with E-state index in [0.29, 0.717) is 0 Å². The van der Waals surface area contributed by atoms with Crippen molar-refractivity contribution in [3.05, 3.63) is 120 Å². The molecular weight excluding hydrogens is 400 g/mol. The van der Waals surface area contributed by atoms with E-state index in [0.717, 1.165) is 0 Å². The van der Waals surface area contributed by atoms with Crippen molar-refractivity contribution in [2.24, 2.45) is 7.05 Å². The highest BCUT2D eigenvalue weighted by molar-refractivity contribution is 5.87. The maximum Gasteiger partial charge on any atom is 0.229 e. The first-order valence-corrected chi connectivity index (χ1v) is 11.4. The van der Waals surface area contributed by atoms with E-state index >= 15 is 0 Å². The molecule has 0 unspecified atom stereocenters. The van der Waals surface area contributed by atoms with Gasteiger partial charge in [-0.05, 0) is 49.1 Å². The smallest absolute Gasteiger partial charge is 0.229 e. The van der Waals surface area contributed by atoms with E-state index in [1.165, 1.54) is 56.0 Å². The number of hydrogen-bond donors (Lipinski definition) is 0. The van der Waals surface area contributed by atoms with Crippen LogP contribution in [-0.4, -0.2) is 4.57 Å². The molecule has 0 saturated heterocycles. The second-order valence-corrected chi connectivity index (χ2v) is 8.79. The lowest BCUT2D eigenvalue weighted by Crippen LogP contribution is -2.32. The second-order valence-electron chi connectivity index (χ2n) is 8.79. The molecule has 3 aromatic carbocycles. The van der Waals surface area contributed by atoms with Crippen LogP contribution in [0.4, 0.5) is 0 Å². The number of hydrogen-bond acceptors (Lipinski definition) is 0. The summed E-state index contributed by atoms with van der Waals surface area (Å²) >= 11 is 0. The van der Waals surface area contributed by atoms with Gasteiger partial charge < -0.3 is 4.57 Å². The van der Waals surface area contributed by atoms with E-state index in [9.17, 15) is 0 Å². The van der Waals surface area contributed by atoms with Crippen LogP contribution in [0, 0.1) is 20.8 Å². The number of aromatic nitrogens is 2. The van der Waals surface area contributed by atoms with Gasteiger partial charge in [0, 0.05) is 29.0 Å². The minimum absolute atomic E-state index is 1.20. The zero-order valence-electron chi connectivity index (χ0n) is 19.7. The Hall–Kier alpha value is -3.91. The molecule has 0 atom stereocenters. The normalized spacial score (nSPS) is 11.0. The fraction of sp³-hybridized carbons (Fsp3) is 0.129. The Morgan fingerprint density at radius 2 is 1.18 bits per heavy atom. The predicted octanol–water partition coefficient (Wildman–Crippen LogP) is 7.23. The second kappa shape index (κ2) is 8.55.